The fraction of sp³-hybridized carbons (Fsp3) is 0.273. The van der Waals surface area contributed by atoms with Crippen molar-refractivity contribution >= 4 is 33.2 Å². The number of aryl methyl sites for hydroxylation is 1. The molecule has 2 heterocycles. The Morgan fingerprint density at radius 2 is 1.84 bits per heavy atom. The van der Waals surface area contributed by atoms with Gasteiger partial charge in [0, 0.05) is 36.4 Å². The van der Waals surface area contributed by atoms with Gasteiger partial charge in [-0.15, -0.1) is 0 Å². The second-order valence-electron chi connectivity index (χ2n) is 7.00. The monoisotopic (exact) mass is 460 g/mol. The Morgan fingerprint density at radius 1 is 1.13 bits per heavy atom. The van der Waals surface area contributed by atoms with Crippen molar-refractivity contribution in [1.82, 2.24) is 13.9 Å². The number of rotatable bonds is 7. The molecule has 0 aliphatic heterocycles. The Balaban J connectivity index is 1.94. The van der Waals surface area contributed by atoms with Crippen molar-refractivity contribution in [2.45, 2.75) is 32.6 Å². The minimum Gasteiger partial charge on any atom is -0.322 e. The molecule has 0 saturated carbocycles. The number of hydrogen-bond donors (Lipinski definition) is 1. The molecule has 3 rings (SSSR count). The zero-order valence-electron chi connectivity index (χ0n) is 17.9. The largest absolute Gasteiger partial charge is 0.322 e. The summed E-state index contributed by atoms with van der Waals surface area (Å²) in [4.78, 5) is 17.3. The number of pyridine rings is 1. The summed E-state index contributed by atoms with van der Waals surface area (Å²) in [5, 5.41) is 2.90. The topological polar surface area (TPSA) is 84.3 Å². The van der Waals surface area contributed by atoms with Gasteiger partial charge in [0.1, 0.15) is 10.7 Å². The van der Waals surface area contributed by atoms with Crippen molar-refractivity contribution in [2.24, 2.45) is 0 Å². The van der Waals surface area contributed by atoms with E-state index in [2.05, 4.69) is 10.3 Å². The van der Waals surface area contributed by atoms with E-state index in [0.29, 0.717) is 24.3 Å². The summed E-state index contributed by atoms with van der Waals surface area (Å²) in [6.07, 6.45) is 1.69. The summed E-state index contributed by atoms with van der Waals surface area (Å²) in [6, 6.07) is 11.8. The first-order chi connectivity index (χ1) is 14.7. The number of amides is 1. The quantitative estimate of drug-likeness (QED) is 0.565. The van der Waals surface area contributed by atoms with Gasteiger partial charge in [-0.25, -0.2) is 13.4 Å². The van der Waals surface area contributed by atoms with Crippen molar-refractivity contribution in [1.29, 1.82) is 0 Å². The fourth-order valence-electron chi connectivity index (χ4n) is 3.51. The molecular weight excluding hydrogens is 436 g/mol. The van der Waals surface area contributed by atoms with E-state index in [4.69, 9.17) is 11.6 Å². The molecule has 2 aromatic heterocycles. The molecule has 0 radical (unpaired) electrons. The van der Waals surface area contributed by atoms with E-state index in [1.807, 2.05) is 36.6 Å². The van der Waals surface area contributed by atoms with Gasteiger partial charge in [0.2, 0.25) is 10.0 Å². The van der Waals surface area contributed by atoms with E-state index in [1.165, 1.54) is 16.4 Å². The van der Waals surface area contributed by atoms with Crippen LogP contribution in [0.1, 0.15) is 35.6 Å². The number of carbonyl (C=O) groups excluding carboxylic acids is 1. The number of halogens is 1. The summed E-state index contributed by atoms with van der Waals surface area (Å²) in [5.41, 5.74) is 2.43. The van der Waals surface area contributed by atoms with Gasteiger partial charge in [0.25, 0.3) is 5.91 Å². The molecule has 164 valence electrons. The van der Waals surface area contributed by atoms with Crippen LogP contribution in [0, 0.1) is 13.8 Å². The van der Waals surface area contributed by atoms with E-state index in [-0.39, 0.29) is 15.8 Å². The second-order valence-corrected chi connectivity index (χ2v) is 9.31. The minimum atomic E-state index is -3.76. The van der Waals surface area contributed by atoms with E-state index < -0.39 is 10.0 Å². The predicted molar refractivity (Wildman–Crippen MR) is 123 cm³/mol. The Bertz CT molecular complexity index is 1200. The first-order valence-corrected chi connectivity index (χ1v) is 11.7. The van der Waals surface area contributed by atoms with Crippen LogP contribution in [-0.4, -0.2) is 41.3 Å². The van der Waals surface area contributed by atoms with Crippen molar-refractivity contribution < 1.29 is 13.2 Å². The van der Waals surface area contributed by atoms with Gasteiger partial charge in [-0.05, 0) is 50.2 Å². The first-order valence-electron chi connectivity index (χ1n) is 9.92. The molecule has 0 aliphatic rings. The van der Waals surface area contributed by atoms with Gasteiger partial charge < -0.3 is 9.88 Å². The third-order valence-corrected chi connectivity index (χ3v) is 7.60. The summed E-state index contributed by atoms with van der Waals surface area (Å²) < 4.78 is 29.0. The Morgan fingerprint density at radius 3 is 2.45 bits per heavy atom. The van der Waals surface area contributed by atoms with Gasteiger partial charge in [0.15, 0.2) is 0 Å². The van der Waals surface area contributed by atoms with Crippen molar-refractivity contribution in [3.05, 3.63) is 70.6 Å². The number of carbonyl (C=O) groups is 1. The van der Waals surface area contributed by atoms with Crippen LogP contribution in [0.2, 0.25) is 5.02 Å². The molecule has 1 N–H and O–H groups in total. The molecule has 1 amide bonds. The predicted octanol–water partition coefficient (Wildman–Crippen LogP) is 4.43. The molecule has 0 atom stereocenters. The van der Waals surface area contributed by atoms with Crippen LogP contribution < -0.4 is 5.32 Å². The maximum absolute atomic E-state index is 13.0. The lowest BCUT2D eigenvalue weighted by Crippen LogP contribution is -2.30. The first kappa shape index (κ1) is 23.0. The number of sulfonamides is 1. The van der Waals surface area contributed by atoms with E-state index in [0.717, 1.165) is 17.2 Å². The van der Waals surface area contributed by atoms with Crippen LogP contribution in [0.3, 0.4) is 0 Å². The van der Waals surface area contributed by atoms with Crippen molar-refractivity contribution in [3.63, 3.8) is 0 Å². The van der Waals surface area contributed by atoms with Gasteiger partial charge in [0.05, 0.1) is 10.6 Å². The SMILES string of the molecule is CCN(CC)S(=O)(=O)c1cc(NC(=O)c2cc(C)n(-c3ccccn3)c2C)ccc1Cl. The maximum Gasteiger partial charge on any atom is 0.257 e. The Hall–Kier alpha value is -2.68. The lowest BCUT2D eigenvalue weighted by atomic mass is 10.2. The molecule has 7 nitrogen and oxygen atoms in total. The van der Waals surface area contributed by atoms with Crippen LogP contribution >= 0.6 is 11.6 Å². The highest BCUT2D eigenvalue weighted by atomic mass is 35.5. The normalized spacial score (nSPS) is 11.7. The molecular formula is C22H25ClN4O3S. The number of aromatic nitrogens is 2. The highest BCUT2D eigenvalue weighted by molar-refractivity contribution is 7.89. The maximum atomic E-state index is 13.0. The minimum absolute atomic E-state index is 0.0328. The molecule has 1 aromatic carbocycles. The fourth-order valence-corrected chi connectivity index (χ4v) is 5.47. The van der Waals surface area contributed by atoms with Gasteiger partial charge >= 0.3 is 0 Å². The standard InChI is InChI=1S/C22H25ClN4O3S/c1-5-26(6-2)31(29,30)20-14-17(10-11-19(20)23)25-22(28)18-13-15(3)27(16(18)4)21-9-7-8-12-24-21/h7-14H,5-6H2,1-4H3,(H,25,28). The smallest absolute Gasteiger partial charge is 0.257 e. The molecule has 31 heavy (non-hydrogen) atoms. The number of hydrogen-bond acceptors (Lipinski definition) is 4. The van der Waals surface area contributed by atoms with Gasteiger partial charge in [-0.1, -0.05) is 31.5 Å². The molecule has 0 spiro atoms. The molecule has 0 bridgehead atoms. The number of nitrogens with one attached hydrogen (secondary N) is 1. The third-order valence-electron chi connectivity index (χ3n) is 5.07. The lowest BCUT2D eigenvalue weighted by molar-refractivity contribution is 0.102. The summed E-state index contributed by atoms with van der Waals surface area (Å²) in [5.74, 6) is 0.374. The molecule has 0 unspecified atom stereocenters. The zero-order chi connectivity index (χ0) is 22.8. The molecule has 9 heteroatoms. The third kappa shape index (κ3) is 4.51. The number of benzene rings is 1. The Labute approximate surface area is 187 Å². The lowest BCUT2D eigenvalue weighted by Gasteiger charge is -2.19. The summed E-state index contributed by atoms with van der Waals surface area (Å²) in [7, 11) is -3.76. The van der Waals surface area contributed by atoms with Crippen molar-refractivity contribution in [2.75, 3.05) is 18.4 Å². The van der Waals surface area contributed by atoms with E-state index >= 15 is 0 Å². The van der Waals surface area contributed by atoms with Gasteiger partial charge in [-0.2, -0.15) is 4.31 Å². The van der Waals surface area contributed by atoms with Crippen LogP contribution in [0.5, 0.6) is 0 Å². The van der Waals surface area contributed by atoms with Crippen molar-refractivity contribution in [3.8, 4) is 5.82 Å². The zero-order valence-corrected chi connectivity index (χ0v) is 19.5. The van der Waals surface area contributed by atoms with Gasteiger partial charge in [-0.3, -0.25) is 4.79 Å². The average molecular weight is 461 g/mol. The molecule has 3 aromatic rings. The Kier molecular flexibility index (Phi) is 6.83. The van der Waals surface area contributed by atoms with Crippen LogP contribution in [0.25, 0.3) is 5.82 Å². The molecule has 0 saturated heterocycles. The van der Waals surface area contributed by atoms with E-state index in [9.17, 15) is 13.2 Å². The number of anilines is 1. The number of nitrogens with zero attached hydrogens (tertiary/aromatic N) is 3. The summed E-state index contributed by atoms with van der Waals surface area (Å²) >= 11 is 6.18. The molecule has 0 fully saturated rings. The molecule has 0 aliphatic carbocycles. The van der Waals surface area contributed by atoms with Crippen LogP contribution in [0.4, 0.5) is 5.69 Å². The van der Waals surface area contributed by atoms with Crippen LogP contribution in [0.15, 0.2) is 53.6 Å². The highest BCUT2D eigenvalue weighted by Crippen LogP contribution is 2.28. The van der Waals surface area contributed by atoms with E-state index in [1.54, 1.807) is 32.2 Å². The second kappa shape index (κ2) is 9.21. The highest BCUT2D eigenvalue weighted by Gasteiger charge is 2.25. The summed E-state index contributed by atoms with van der Waals surface area (Å²) in [6.45, 7) is 7.91. The average Bonchev–Trinajstić information content (AvgIpc) is 3.04. The van der Waals surface area contributed by atoms with Crippen LogP contribution in [-0.2, 0) is 10.0 Å².